The maximum absolute atomic E-state index is 4.67. The number of guanidine groups is 1. The first-order valence-corrected chi connectivity index (χ1v) is 6.62. The van der Waals surface area contributed by atoms with Gasteiger partial charge in [-0.15, -0.1) is 24.0 Å². The van der Waals surface area contributed by atoms with E-state index in [-0.39, 0.29) is 24.0 Å². The molecule has 5 heteroatoms. The Morgan fingerprint density at radius 3 is 2.33 bits per heavy atom. The topological polar surface area (TPSA) is 22.1 Å². The van der Waals surface area contributed by atoms with Crippen LogP contribution in [0.2, 0.25) is 0 Å². The van der Waals surface area contributed by atoms with Gasteiger partial charge in [-0.25, -0.2) is 0 Å². The van der Waals surface area contributed by atoms with Gasteiger partial charge in [0.1, 0.15) is 0 Å². The molecule has 1 rings (SSSR count). The molecular formula is C13H29IN4. The average Bonchev–Trinajstić information content (AvgIpc) is 2.23. The van der Waals surface area contributed by atoms with Gasteiger partial charge in [0, 0.05) is 41.3 Å². The number of hydrogen-bond acceptors (Lipinski definition) is 2. The Morgan fingerprint density at radius 1 is 1.22 bits per heavy atom. The third kappa shape index (κ3) is 6.22. The minimum absolute atomic E-state index is 0. The van der Waals surface area contributed by atoms with Crippen molar-refractivity contribution in [2.24, 2.45) is 10.9 Å². The SMILES string of the molecule is CC1CCCN(CCN=C(N(C)C)N(C)C)C1.I. The van der Waals surface area contributed by atoms with Gasteiger partial charge in [0.25, 0.3) is 0 Å². The summed E-state index contributed by atoms with van der Waals surface area (Å²) >= 11 is 0. The van der Waals surface area contributed by atoms with E-state index in [1.807, 2.05) is 28.2 Å². The highest BCUT2D eigenvalue weighted by Gasteiger charge is 2.15. The van der Waals surface area contributed by atoms with Crippen LogP contribution in [-0.4, -0.2) is 75.0 Å². The maximum atomic E-state index is 4.67. The summed E-state index contributed by atoms with van der Waals surface area (Å²) in [5.74, 6) is 1.91. The van der Waals surface area contributed by atoms with E-state index in [4.69, 9.17) is 0 Å². The van der Waals surface area contributed by atoms with Gasteiger partial charge in [-0.05, 0) is 25.3 Å². The summed E-state index contributed by atoms with van der Waals surface area (Å²) in [7, 11) is 8.17. The summed E-state index contributed by atoms with van der Waals surface area (Å²) in [6.45, 7) is 6.84. The summed E-state index contributed by atoms with van der Waals surface area (Å²) < 4.78 is 0. The van der Waals surface area contributed by atoms with Crippen molar-refractivity contribution < 1.29 is 0 Å². The zero-order valence-corrected chi connectivity index (χ0v) is 14.8. The average molecular weight is 368 g/mol. The van der Waals surface area contributed by atoms with Crippen molar-refractivity contribution in [1.29, 1.82) is 0 Å². The molecule has 1 aliphatic heterocycles. The third-order valence-electron chi connectivity index (χ3n) is 3.21. The molecule has 0 N–H and O–H groups in total. The molecule has 108 valence electrons. The highest BCUT2D eigenvalue weighted by molar-refractivity contribution is 14.0. The molecule has 0 bridgehead atoms. The molecule has 0 spiro atoms. The molecule has 1 saturated heterocycles. The third-order valence-corrected chi connectivity index (χ3v) is 3.21. The predicted molar refractivity (Wildman–Crippen MR) is 89.9 cm³/mol. The second kappa shape index (κ2) is 8.96. The van der Waals surface area contributed by atoms with E-state index in [0.29, 0.717) is 0 Å². The number of aliphatic imine (C=N–C) groups is 1. The molecule has 1 atom stereocenters. The van der Waals surface area contributed by atoms with Crippen molar-refractivity contribution in [2.45, 2.75) is 19.8 Å². The van der Waals surface area contributed by atoms with Crippen LogP contribution in [0.4, 0.5) is 0 Å². The number of rotatable bonds is 3. The fourth-order valence-corrected chi connectivity index (χ4v) is 2.46. The fraction of sp³-hybridized carbons (Fsp3) is 0.923. The smallest absolute Gasteiger partial charge is 0.195 e. The molecular weight excluding hydrogens is 339 g/mol. The number of nitrogens with zero attached hydrogens (tertiary/aromatic N) is 4. The Morgan fingerprint density at radius 2 is 1.83 bits per heavy atom. The number of halogens is 1. The molecule has 0 aromatic rings. The van der Waals surface area contributed by atoms with Gasteiger partial charge in [-0.2, -0.15) is 0 Å². The van der Waals surface area contributed by atoms with Crippen LogP contribution < -0.4 is 0 Å². The molecule has 0 aromatic heterocycles. The van der Waals surface area contributed by atoms with Gasteiger partial charge < -0.3 is 14.7 Å². The van der Waals surface area contributed by atoms with E-state index in [0.717, 1.165) is 25.0 Å². The van der Waals surface area contributed by atoms with E-state index in [1.54, 1.807) is 0 Å². The highest BCUT2D eigenvalue weighted by Crippen LogP contribution is 2.14. The van der Waals surface area contributed by atoms with Gasteiger partial charge in [0.05, 0.1) is 6.54 Å². The first-order valence-electron chi connectivity index (χ1n) is 6.62. The molecule has 0 amide bonds. The lowest BCUT2D eigenvalue weighted by Crippen LogP contribution is -2.38. The summed E-state index contributed by atoms with van der Waals surface area (Å²) in [5.41, 5.74) is 0. The largest absolute Gasteiger partial charge is 0.349 e. The zero-order valence-electron chi connectivity index (χ0n) is 12.5. The van der Waals surface area contributed by atoms with Crippen LogP contribution in [0.15, 0.2) is 4.99 Å². The maximum Gasteiger partial charge on any atom is 0.195 e. The number of likely N-dealkylation sites (tertiary alicyclic amines) is 1. The van der Waals surface area contributed by atoms with Crippen LogP contribution >= 0.6 is 24.0 Å². The molecule has 4 nitrogen and oxygen atoms in total. The van der Waals surface area contributed by atoms with Crippen LogP contribution in [0.5, 0.6) is 0 Å². The first-order chi connectivity index (χ1) is 8.00. The van der Waals surface area contributed by atoms with E-state index in [2.05, 4.69) is 26.6 Å². The van der Waals surface area contributed by atoms with Gasteiger partial charge in [0.2, 0.25) is 0 Å². The Balaban J connectivity index is 0.00000289. The van der Waals surface area contributed by atoms with Crippen molar-refractivity contribution in [1.82, 2.24) is 14.7 Å². The lowest BCUT2D eigenvalue weighted by atomic mass is 10.0. The molecule has 1 aliphatic rings. The molecule has 18 heavy (non-hydrogen) atoms. The number of piperidine rings is 1. The lowest BCUT2D eigenvalue weighted by molar-refractivity contribution is 0.188. The summed E-state index contributed by atoms with van der Waals surface area (Å²) in [6, 6.07) is 0. The van der Waals surface area contributed by atoms with Crippen LogP contribution in [0.3, 0.4) is 0 Å². The zero-order chi connectivity index (χ0) is 12.8. The van der Waals surface area contributed by atoms with Crippen molar-refractivity contribution in [3.63, 3.8) is 0 Å². The van der Waals surface area contributed by atoms with Crippen LogP contribution in [0.1, 0.15) is 19.8 Å². The summed E-state index contributed by atoms with van der Waals surface area (Å²) in [6.07, 6.45) is 2.74. The van der Waals surface area contributed by atoms with Gasteiger partial charge in [-0.3, -0.25) is 4.99 Å². The van der Waals surface area contributed by atoms with Crippen molar-refractivity contribution >= 4 is 29.9 Å². The molecule has 0 saturated carbocycles. The van der Waals surface area contributed by atoms with Crippen molar-refractivity contribution in [2.75, 3.05) is 54.4 Å². The second-order valence-electron chi connectivity index (χ2n) is 5.52. The minimum Gasteiger partial charge on any atom is -0.349 e. The Bertz CT molecular complexity index is 243. The lowest BCUT2D eigenvalue weighted by Gasteiger charge is -2.30. The van der Waals surface area contributed by atoms with Crippen LogP contribution in [0, 0.1) is 5.92 Å². The molecule has 0 aliphatic carbocycles. The first kappa shape index (κ1) is 18.0. The Kier molecular flexibility index (Phi) is 8.94. The Labute approximate surface area is 129 Å². The second-order valence-corrected chi connectivity index (χ2v) is 5.52. The van der Waals surface area contributed by atoms with Crippen molar-refractivity contribution in [3.8, 4) is 0 Å². The van der Waals surface area contributed by atoms with E-state index in [9.17, 15) is 0 Å². The van der Waals surface area contributed by atoms with Gasteiger partial charge >= 0.3 is 0 Å². The van der Waals surface area contributed by atoms with Gasteiger partial charge in [0.15, 0.2) is 5.96 Å². The molecule has 1 unspecified atom stereocenters. The Hall–Kier alpha value is -0.0400. The minimum atomic E-state index is 0. The van der Waals surface area contributed by atoms with Crippen LogP contribution in [0.25, 0.3) is 0 Å². The number of hydrogen-bond donors (Lipinski definition) is 0. The molecule has 1 heterocycles. The summed E-state index contributed by atoms with van der Waals surface area (Å²) in [4.78, 5) is 11.3. The van der Waals surface area contributed by atoms with Crippen molar-refractivity contribution in [3.05, 3.63) is 0 Å². The molecule has 1 fully saturated rings. The molecule has 0 aromatic carbocycles. The standard InChI is InChI=1S/C13H28N4.HI/c1-12-7-6-9-17(11-12)10-8-14-13(15(2)3)16(4)5;/h12H,6-11H2,1-5H3;1H. The monoisotopic (exact) mass is 368 g/mol. The predicted octanol–water partition coefficient (Wildman–Crippen LogP) is 1.82. The van der Waals surface area contributed by atoms with E-state index >= 15 is 0 Å². The quantitative estimate of drug-likeness (QED) is 0.431. The summed E-state index contributed by atoms with van der Waals surface area (Å²) in [5, 5.41) is 0. The fourth-order valence-electron chi connectivity index (χ4n) is 2.46. The van der Waals surface area contributed by atoms with Gasteiger partial charge in [-0.1, -0.05) is 6.92 Å². The van der Waals surface area contributed by atoms with E-state index < -0.39 is 0 Å². The van der Waals surface area contributed by atoms with Crippen LogP contribution in [-0.2, 0) is 0 Å². The molecule has 0 radical (unpaired) electrons. The van der Waals surface area contributed by atoms with E-state index in [1.165, 1.54) is 25.9 Å². The highest BCUT2D eigenvalue weighted by atomic mass is 127. The normalized spacial score (nSPS) is 19.9.